The largest absolute Gasteiger partial charge is 0.295 e. The van der Waals surface area contributed by atoms with E-state index >= 15 is 0 Å². The first-order chi connectivity index (χ1) is 14.6. The second kappa shape index (κ2) is 7.42. The van der Waals surface area contributed by atoms with E-state index in [-0.39, 0.29) is 39.7 Å². The lowest BCUT2D eigenvalue weighted by Gasteiger charge is -2.27. The van der Waals surface area contributed by atoms with Crippen LogP contribution in [-0.4, -0.2) is 43.0 Å². The zero-order valence-corrected chi connectivity index (χ0v) is 17.7. The Morgan fingerprint density at radius 3 is 2.26 bits per heavy atom. The topological polar surface area (TPSA) is 118 Å². The van der Waals surface area contributed by atoms with E-state index in [4.69, 9.17) is 0 Å². The van der Waals surface area contributed by atoms with Crippen LogP contribution in [0, 0.1) is 0 Å². The highest BCUT2D eigenvalue weighted by molar-refractivity contribution is 7.91. The average molecular weight is 440 g/mol. The van der Waals surface area contributed by atoms with Crippen molar-refractivity contribution in [3.63, 3.8) is 0 Å². The number of imide groups is 2. The van der Waals surface area contributed by atoms with Gasteiger partial charge in [0.15, 0.2) is 0 Å². The fourth-order valence-corrected chi connectivity index (χ4v) is 5.34. The smallest absolute Gasteiger partial charge is 0.263 e. The molecule has 2 aliphatic heterocycles. The first-order valence-corrected chi connectivity index (χ1v) is 11.3. The second-order valence-corrected chi connectivity index (χ2v) is 9.77. The van der Waals surface area contributed by atoms with Gasteiger partial charge in [0.05, 0.1) is 20.9 Å². The number of hydrogen-bond donors (Lipinski definition) is 1. The van der Waals surface area contributed by atoms with E-state index in [2.05, 4.69) is 5.32 Å². The van der Waals surface area contributed by atoms with Gasteiger partial charge in [-0.3, -0.25) is 29.4 Å². The number of fused-ring (bicyclic) bond motifs is 1. The zero-order chi connectivity index (χ0) is 22.5. The molecule has 1 saturated heterocycles. The fourth-order valence-electron chi connectivity index (χ4n) is 3.87. The minimum absolute atomic E-state index is 0.00463. The highest BCUT2D eigenvalue weighted by Gasteiger charge is 2.46. The fraction of sp³-hybridized carbons (Fsp3) is 0.273. The van der Waals surface area contributed by atoms with E-state index in [9.17, 15) is 27.6 Å². The maximum atomic E-state index is 13.3. The van der Waals surface area contributed by atoms with Gasteiger partial charge in [-0.2, -0.15) is 0 Å². The van der Waals surface area contributed by atoms with Crippen LogP contribution in [0.1, 0.15) is 58.9 Å². The van der Waals surface area contributed by atoms with Gasteiger partial charge in [-0.05, 0) is 42.2 Å². The van der Waals surface area contributed by atoms with Crippen molar-refractivity contribution in [3.8, 4) is 0 Å². The third-order valence-electron chi connectivity index (χ3n) is 5.58. The summed E-state index contributed by atoms with van der Waals surface area (Å²) in [6.07, 6.45) is -0.0218. The molecule has 0 bridgehead atoms. The van der Waals surface area contributed by atoms with Crippen molar-refractivity contribution in [2.45, 2.75) is 48.4 Å². The number of sulfone groups is 1. The first-order valence-electron chi connectivity index (χ1n) is 9.82. The van der Waals surface area contributed by atoms with Gasteiger partial charge in [-0.15, -0.1) is 0 Å². The Balaban J connectivity index is 1.77. The van der Waals surface area contributed by atoms with Crippen LogP contribution in [0.4, 0.5) is 0 Å². The van der Waals surface area contributed by atoms with E-state index in [1.807, 2.05) is 13.8 Å². The number of rotatable bonds is 4. The molecule has 2 heterocycles. The van der Waals surface area contributed by atoms with Crippen molar-refractivity contribution < 1.29 is 27.6 Å². The third kappa shape index (κ3) is 3.34. The summed E-state index contributed by atoms with van der Waals surface area (Å²) in [6.45, 7) is 3.98. The molecule has 0 radical (unpaired) electrons. The summed E-state index contributed by atoms with van der Waals surface area (Å²) in [5.41, 5.74) is 0.646. The van der Waals surface area contributed by atoms with Gasteiger partial charge in [0.25, 0.3) is 11.8 Å². The van der Waals surface area contributed by atoms with Gasteiger partial charge in [-0.25, -0.2) is 8.42 Å². The molecule has 8 nitrogen and oxygen atoms in total. The molecule has 2 aromatic carbocycles. The summed E-state index contributed by atoms with van der Waals surface area (Å²) in [6, 6.07) is 9.25. The Labute approximate surface area is 179 Å². The van der Waals surface area contributed by atoms with Crippen LogP contribution in [0.25, 0.3) is 0 Å². The van der Waals surface area contributed by atoms with Crippen molar-refractivity contribution in [1.29, 1.82) is 0 Å². The molecular weight excluding hydrogens is 420 g/mol. The molecule has 2 aromatic rings. The molecule has 1 atom stereocenters. The minimum Gasteiger partial charge on any atom is -0.295 e. The van der Waals surface area contributed by atoms with Gasteiger partial charge in [0.2, 0.25) is 21.7 Å². The molecule has 4 rings (SSSR count). The minimum atomic E-state index is -4.09. The molecular formula is C22H20N2O6S. The molecule has 160 valence electrons. The molecule has 0 saturated carbocycles. The van der Waals surface area contributed by atoms with Gasteiger partial charge < -0.3 is 0 Å². The second-order valence-electron chi connectivity index (χ2n) is 7.85. The number of piperidine rings is 1. The van der Waals surface area contributed by atoms with Crippen LogP contribution in [0.2, 0.25) is 0 Å². The number of amides is 4. The van der Waals surface area contributed by atoms with Crippen LogP contribution in [0.5, 0.6) is 0 Å². The van der Waals surface area contributed by atoms with Crippen molar-refractivity contribution >= 4 is 33.5 Å². The number of hydrogen-bond acceptors (Lipinski definition) is 6. The predicted octanol–water partition coefficient (Wildman–Crippen LogP) is 2.04. The lowest BCUT2D eigenvalue weighted by atomic mass is 10.0. The number of nitrogens with zero attached hydrogens (tertiary/aromatic N) is 1. The Morgan fingerprint density at radius 2 is 1.65 bits per heavy atom. The molecule has 2 aliphatic rings. The number of carbonyl (C=O) groups excluding carboxylic acids is 4. The monoisotopic (exact) mass is 440 g/mol. The van der Waals surface area contributed by atoms with E-state index < -0.39 is 39.5 Å². The maximum Gasteiger partial charge on any atom is 0.263 e. The average Bonchev–Trinajstić information content (AvgIpc) is 2.99. The number of nitrogens with one attached hydrogen (secondary N) is 1. The molecule has 0 aliphatic carbocycles. The lowest BCUT2D eigenvalue weighted by Crippen LogP contribution is -2.54. The van der Waals surface area contributed by atoms with E-state index in [1.54, 1.807) is 12.1 Å². The normalized spacial score (nSPS) is 19.1. The summed E-state index contributed by atoms with van der Waals surface area (Å²) < 4.78 is 26.6. The summed E-state index contributed by atoms with van der Waals surface area (Å²) in [4.78, 5) is 50.2. The molecule has 1 fully saturated rings. The highest BCUT2D eigenvalue weighted by atomic mass is 32.2. The number of benzene rings is 2. The van der Waals surface area contributed by atoms with Crippen LogP contribution in [0.3, 0.4) is 0 Å². The molecule has 9 heteroatoms. The standard InChI is InChI=1S/C22H20N2O6S/c1-12(2)13-6-8-14(9-7-13)31(29,30)17-5-3-4-15-19(17)22(28)24(21(15)27)16-10-11-18(25)23-20(16)26/h3-9,12,16H,10-11H2,1-2H3,(H,23,25,26). The lowest BCUT2D eigenvalue weighted by molar-refractivity contribution is -0.136. The van der Waals surface area contributed by atoms with E-state index in [1.165, 1.54) is 30.3 Å². The van der Waals surface area contributed by atoms with Gasteiger partial charge in [-0.1, -0.05) is 32.0 Å². The summed E-state index contributed by atoms with van der Waals surface area (Å²) in [7, 11) is -4.09. The van der Waals surface area contributed by atoms with Crippen LogP contribution in [0.15, 0.2) is 52.3 Å². The first kappa shape index (κ1) is 20.9. The quantitative estimate of drug-likeness (QED) is 0.727. The van der Waals surface area contributed by atoms with Gasteiger partial charge >= 0.3 is 0 Å². The third-order valence-corrected chi connectivity index (χ3v) is 7.39. The van der Waals surface area contributed by atoms with Crippen molar-refractivity contribution in [1.82, 2.24) is 10.2 Å². The zero-order valence-electron chi connectivity index (χ0n) is 16.9. The van der Waals surface area contributed by atoms with Crippen molar-refractivity contribution in [2.75, 3.05) is 0 Å². The molecule has 4 amide bonds. The summed E-state index contributed by atoms with van der Waals surface area (Å²) in [5.74, 6) is -2.61. The van der Waals surface area contributed by atoms with Crippen LogP contribution >= 0.6 is 0 Å². The molecule has 0 spiro atoms. The summed E-state index contributed by atoms with van der Waals surface area (Å²) in [5, 5.41) is 2.12. The van der Waals surface area contributed by atoms with Gasteiger partial charge in [0, 0.05) is 6.42 Å². The van der Waals surface area contributed by atoms with Gasteiger partial charge in [0.1, 0.15) is 6.04 Å². The van der Waals surface area contributed by atoms with Crippen LogP contribution in [-0.2, 0) is 19.4 Å². The molecule has 1 unspecified atom stereocenters. The van der Waals surface area contributed by atoms with E-state index in [0.717, 1.165) is 10.5 Å². The Morgan fingerprint density at radius 1 is 0.968 bits per heavy atom. The highest BCUT2D eigenvalue weighted by Crippen LogP contribution is 2.34. The molecule has 0 aromatic heterocycles. The van der Waals surface area contributed by atoms with E-state index in [0.29, 0.717) is 0 Å². The number of carbonyl (C=O) groups is 4. The molecule has 1 N–H and O–H groups in total. The van der Waals surface area contributed by atoms with Crippen molar-refractivity contribution in [3.05, 3.63) is 59.2 Å². The van der Waals surface area contributed by atoms with Crippen molar-refractivity contribution in [2.24, 2.45) is 0 Å². The Kier molecular flexibility index (Phi) is 5.01. The maximum absolute atomic E-state index is 13.3. The predicted molar refractivity (Wildman–Crippen MR) is 109 cm³/mol. The Bertz CT molecular complexity index is 1230. The molecule has 31 heavy (non-hydrogen) atoms. The SMILES string of the molecule is CC(C)c1ccc(S(=O)(=O)c2cccc3c2C(=O)N(C2CCC(=O)NC2=O)C3=O)cc1. The Hall–Kier alpha value is -3.33. The summed E-state index contributed by atoms with van der Waals surface area (Å²) >= 11 is 0. The van der Waals surface area contributed by atoms with Crippen LogP contribution < -0.4 is 5.32 Å².